The lowest BCUT2D eigenvalue weighted by Gasteiger charge is -2.30. The van der Waals surface area contributed by atoms with E-state index in [0.717, 1.165) is 17.2 Å². The number of pyridine rings is 2. The van der Waals surface area contributed by atoms with Gasteiger partial charge >= 0.3 is 12.3 Å². The first kappa shape index (κ1) is 32.0. The molecule has 0 fully saturated rings. The van der Waals surface area contributed by atoms with Crippen molar-refractivity contribution >= 4 is 27.0 Å². The zero-order valence-electron chi connectivity index (χ0n) is 26.0. The van der Waals surface area contributed by atoms with Crippen LogP contribution in [0.2, 0.25) is 0 Å². The number of benzene rings is 2. The number of nitrogens with zero attached hydrogens (tertiary/aromatic N) is 4. The minimum atomic E-state index is -4.54. The fourth-order valence-corrected chi connectivity index (χ4v) is 7.18. The zero-order valence-corrected chi connectivity index (χ0v) is 26.8. The first-order valence-corrected chi connectivity index (χ1v) is 16.2. The number of carbonyl (C=O) groups excluding carboxylic acids is 1. The molecule has 47 heavy (non-hydrogen) atoms. The van der Waals surface area contributed by atoms with Gasteiger partial charge in [-0.2, -0.15) is 13.2 Å². The van der Waals surface area contributed by atoms with Gasteiger partial charge in [0.25, 0.3) is 15.6 Å². The number of ether oxygens (including phenoxy) is 1. The number of hydrogen-bond donors (Lipinski definition) is 0. The van der Waals surface area contributed by atoms with E-state index < -0.39 is 39.0 Å². The van der Waals surface area contributed by atoms with Gasteiger partial charge in [0, 0.05) is 36.0 Å². The van der Waals surface area contributed by atoms with E-state index in [0.29, 0.717) is 47.0 Å². The maximum absolute atomic E-state index is 14.3. The molecule has 0 aliphatic carbocycles. The van der Waals surface area contributed by atoms with Gasteiger partial charge in [0.05, 0.1) is 39.6 Å². The standard InChI is InChI=1S/C34H31F3N4O5S/c1-21-5-9-25(10-6-21)47(44,45)41-29-18-24(8-11-26(29)27-14-15-39(20-30(27)41)32(43)46-33(2,3)4)40-16-13-22(17-31(40)42)28-12-7-23(19-38-28)34(35,36)37/h5-13,16-19H,14-15,20H2,1-4H3. The van der Waals surface area contributed by atoms with Crippen molar-refractivity contribution in [2.75, 3.05) is 6.54 Å². The van der Waals surface area contributed by atoms with E-state index >= 15 is 0 Å². The second kappa shape index (κ2) is 11.4. The number of aryl methyl sites for hydroxylation is 1. The molecule has 5 aromatic rings. The lowest BCUT2D eigenvalue weighted by molar-refractivity contribution is -0.137. The molecule has 3 aromatic heterocycles. The van der Waals surface area contributed by atoms with E-state index in [9.17, 15) is 31.2 Å². The Hall–Kier alpha value is -4.91. The minimum Gasteiger partial charge on any atom is -0.444 e. The molecule has 0 spiro atoms. The molecule has 0 N–H and O–H groups in total. The van der Waals surface area contributed by atoms with Gasteiger partial charge < -0.3 is 9.64 Å². The highest BCUT2D eigenvalue weighted by Gasteiger charge is 2.34. The molecule has 0 radical (unpaired) electrons. The largest absolute Gasteiger partial charge is 0.444 e. The molecule has 244 valence electrons. The Bertz CT molecular complexity index is 2180. The number of carbonyl (C=O) groups is 1. The van der Waals surface area contributed by atoms with Gasteiger partial charge in [-0.1, -0.05) is 23.8 Å². The van der Waals surface area contributed by atoms with Crippen LogP contribution in [-0.4, -0.2) is 45.1 Å². The predicted octanol–water partition coefficient (Wildman–Crippen LogP) is 6.71. The molecule has 1 aliphatic heterocycles. The molecule has 6 rings (SSSR count). The maximum atomic E-state index is 14.3. The Kier molecular flexibility index (Phi) is 7.78. The molecule has 4 heterocycles. The fraction of sp³-hybridized carbons (Fsp3) is 0.265. The van der Waals surface area contributed by atoms with E-state index in [1.807, 2.05) is 6.92 Å². The van der Waals surface area contributed by atoms with Crippen LogP contribution < -0.4 is 5.56 Å². The number of fused-ring (bicyclic) bond motifs is 3. The van der Waals surface area contributed by atoms with E-state index in [4.69, 9.17) is 4.74 Å². The predicted molar refractivity (Wildman–Crippen MR) is 170 cm³/mol. The number of hydrogen-bond acceptors (Lipinski definition) is 6. The topological polar surface area (TPSA) is 104 Å². The van der Waals surface area contributed by atoms with Crippen molar-refractivity contribution in [2.24, 2.45) is 0 Å². The Morgan fingerprint density at radius 3 is 2.30 bits per heavy atom. The molecule has 9 nitrogen and oxygen atoms in total. The molecule has 0 saturated carbocycles. The van der Waals surface area contributed by atoms with Crippen LogP contribution in [0.25, 0.3) is 27.8 Å². The van der Waals surface area contributed by atoms with Crippen molar-refractivity contribution in [3.63, 3.8) is 0 Å². The van der Waals surface area contributed by atoms with E-state index in [1.54, 1.807) is 57.2 Å². The van der Waals surface area contributed by atoms with Gasteiger partial charge in [0.2, 0.25) is 0 Å². The van der Waals surface area contributed by atoms with Crippen molar-refractivity contribution in [3.8, 4) is 16.9 Å². The number of rotatable bonds is 4. The summed E-state index contributed by atoms with van der Waals surface area (Å²) in [5.41, 5.74) is 1.17. The van der Waals surface area contributed by atoms with Crippen LogP contribution in [0.1, 0.15) is 43.2 Å². The third-order valence-electron chi connectivity index (χ3n) is 7.89. The summed E-state index contributed by atoms with van der Waals surface area (Å²) in [5.74, 6) is 0. The van der Waals surface area contributed by atoms with Crippen LogP contribution in [-0.2, 0) is 33.9 Å². The molecule has 0 saturated heterocycles. The van der Waals surface area contributed by atoms with E-state index in [2.05, 4.69) is 4.98 Å². The number of aromatic nitrogens is 3. The van der Waals surface area contributed by atoms with Crippen LogP contribution in [0, 0.1) is 6.92 Å². The second-order valence-corrected chi connectivity index (χ2v) is 14.2. The quantitative estimate of drug-likeness (QED) is 0.212. The molecule has 13 heteroatoms. The molecule has 0 bridgehead atoms. The van der Waals surface area contributed by atoms with Gasteiger partial charge in [-0.3, -0.25) is 14.3 Å². The van der Waals surface area contributed by atoms with Crippen molar-refractivity contribution in [1.29, 1.82) is 0 Å². The summed E-state index contributed by atoms with van der Waals surface area (Å²) in [7, 11) is -4.17. The summed E-state index contributed by atoms with van der Waals surface area (Å²) >= 11 is 0. The monoisotopic (exact) mass is 664 g/mol. The second-order valence-electron chi connectivity index (χ2n) is 12.4. The average Bonchev–Trinajstić information content (AvgIpc) is 3.33. The number of alkyl halides is 3. The Morgan fingerprint density at radius 1 is 0.957 bits per heavy atom. The SMILES string of the molecule is Cc1ccc(S(=O)(=O)n2c3c(c4ccc(-n5ccc(-c6ccc(C(F)(F)F)cn6)cc5=O)cc42)CCN(C(=O)OC(C)(C)C)C3)cc1. The molecule has 2 aromatic carbocycles. The lowest BCUT2D eigenvalue weighted by atomic mass is 10.0. The summed E-state index contributed by atoms with van der Waals surface area (Å²) in [5, 5.41) is 0.668. The lowest BCUT2D eigenvalue weighted by Crippen LogP contribution is -2.40. The number of amides is 1. The Labute approximate surface area is 268 Å². The molecule has 0 unspecified atom stereocenters. The molecule has 1 aliphatic rings. The van der Waals surface area contributed by atoms with E-state index in [-0.39, 0.29) is 17.1 Å². The molecule has 1 amide bonds. The van der Waals surface area contributed by atoms with Crippen molar-refractivity contribution in [3.05, 3.63) is 112 Å². The highest BCUT2D eigenvalue weighted by Crippen LogP contribution is 2.36. The Morgan fingerprint density at radius 2 is 1.68 bits per heavy atom. The van der Waals surface area contributed by atoms with Gasteiger partial charge in [-0.05, 0) is 82.1 Å². The van der Waals surface area contributed by atoms with Gasteiger partial charge in [-0.25, -0.2) is 17.2 Å². The third kappa shape index (κ3) is 6.14. The zero-order chi connectivity index (χ0) is 33.9. The minimum absolute atomic E-state index is 0.00583. The van der Waals surface area contributed by atoms with Crippen molar-refractivity contribution in [2.45, 2.75) is 57.3 Å². The smallest absolute Gasteiger partial charge is 0.417 e. The highest BCUT2D eigenvalue weighted by molar-refractivity contribution is 7.90. The van der Waals surface area contributed by atoms with Crippen LogP contribution in [0.5, 0.6) is 0 Å². The number of halogens is 3. The van der Waals surface area contributed by atoms with Crippen LogP contribution >= 0.6 is 0 Å². The van der Waals surface area contributed by atoms with Gasteiger partial charge in [0.15, 0.2) is 0 Å². The van der Waals surface area contributed by atoms with Crippen LogP contribution in [0.3, 0.4) is 0 Å². The normalized spacial score (nSPS) is 13.9. The first-order valence-electron chi connectivity index (χ1n) is 14.8. The Balaban J connectivity index is 1.46. The summed E-state index contributed by atoms with van der Waals surface area (Å²) in [6.07, 6.45) is -2.53. The van der Waals surface area contributed by atoms with Gasteiger partial charge in [-0.15, -0.1) is 0 Å². The summed E-state index contributed by atoms with van der Waals surface area (Å²) in [4.78, 5) is 31.8. The third-order valence-corrected chi connectivity index (χ3v) is 9.65. The molecule has 0 atom stereocenters. The van der Waals surface area contributed by atoms with Gasteiger partial charge in [0.1, 0.15) is 5.60 Å². The molecular formula is C34H31F3N4O5S. The average molecular weight is 665 g/mol. The summed E-state index contributed by atoms with van der Waals surface area (Å²) in [6, 6.07) is 16.4. The maximum Gasteiger partial charge on any atom is 0.417 e. The van der Waals surface area contributed by atoms with Crippen molar-refractivity contribution < 1.29 is 31.1 Å². The summed E-state index contributed by atoms with van der Waals surface area (Å²) < 4.78 is 75.7. The van der Waals surface area contributed by atoms with E-state index in [1.165, 1.54) is 43.9 Å². The van der Waals surface area contributed by atoms with Crippen molar-refractivity contribution in [1.82, 2.24) is 18.4 Å². The highest BCUT2D eigenvalue weighted by atomic mass is 32.2. The fourth-order valence-electron chi connectivity index (χ4n) is 5.62. The van der Waals surface area contributed by atoms with Crippen LogP contribution in [0.15, 0.2) is 88.8 Å². The van der Waals surface area contributed by atoms with Crippen LogP contribution in [0.4, 0.5) is 18.0 Å². The summed E-state index contributed by atoms with van der Waals surface area (Å²) in [6.45, 7) is 7.45. The molecular weight excluding hydrogens is 633 g/mol. The first-order chi connectivity index (χ1) is 22.0.